The van der Waals surface area contributed by atoms with E-state index in [2.05, 4.69) is 4.72 Å². The van der Waals surface area contributed by atoms with Crippen molar-refractivity contribution in [2.45, 2.75) is 24.2 Å². The largest absolute Gasteiger partial charge is 0.493 e. The number of furan rings is 1. The molecule has 1 aromatic carbocycles. The van der Waals surface area contributed by atoms with E-state index in [1.165, 1.54) is 26.4 Å². The van der Waals surface area contributed by atoms with Crippen LogP contribution in [0.2, 0.25) is 0 Å². The number of methoxy groups -OCH3 is 2. The summed E-state index contributed by atoms with van der Waals surface area (Å²) in [5.41, 5.74) is 0. The third-order valence-electron chi connectivity index (χ3n) is 3.39. The predicted molar refractivity (Wildman–Crippen MR) is 86.4 cm³/mol. The molecule has 0 unspecified atom stereocenters. The van der Waals surface area contributed by atoms with E-state index in [9.17, 15) is 8.42 Å². The Balaban J connectivity index is 1.88. The molecule has 0 amide bonds. The summed E-state index contributed by atoms with van der Waals surface area (Å²) in [5, 5.41) is 0. The van der Waals surface area contributed by atoms with Crippen molar-refractivity contribution >= 4 is 10.0 Å². The van der Waals surface area contributed by atoms with E-state index in [1.807, 2.05) is 12.1 Å². The van der Waals surface area contributed by atoms with Crippen LogP contribution in [0.5, 0.6) is 11.5 Å². The monoisotopic (exact) mass is 339 g/mol. The van der Waals surface area contributed by atoms with Crippen LogP contribution in [0, 0.1) is 0 Å². The highest BCUT2D eigenvalue weighted by Crippen LogP contribution is 2.29. The second kappa shape index (κ2) is 8.03. The van der Waals surface area contributed by atoms with E-state index >= 15 is 0 Å². The molecule has 0 saturated carbocycles. The molecule has 6 nitrogen and oxygen atoms in total. The first-order valence-corrected chi connectivity index (χ1v) is 8.79. The highest BCUT2D eigenvalue weighted by Gasteiger charge is 2.16. The number of benzene rings is 1. The molecular formula is C16H21NO5S. The Bertz CT molecular complexity index is 710. The van der Waals surface area contributed by atoms with Crippen molar-refractivity contribution in [1.82, 2.24) is 4.72 Å². The van der Waals surface area contributed by atoms with Gasteiger partial charge in [-0.05, 0) is 37.1 Å². The van der Waals surface area contributed by atoms with Crippen LogP contribution in [0.4, 0.5) is 0 Å². The van der Waals surface area contributed by atoms with Crippen LogP contribution in [0.1, 0.15) is 18.6 Å². The molecule has 0 atom stereocenters. The van der Waals surface area contributed by atoms with Crippen LogP contribution in [-0.2, 0) is 16.4 Å². The Morgan fingerprint density at radius 1 is 1.09 bits per heavy atom. The molecule has 2 rings (SSSR count). The zero-order chi connectivity index (χ0) is 16.7. The molecule has 23 heavy (non-hydrogen) atoms. The Labute approximate surface area is 136 Å². The van der Waals surface area contributed by atoms with E-state index in [1.54, 1.807) is 12.3 Å². The zero-order valence-corrected chi connectivity index (χ0v) is 14.1. The van der Waals surface area contributed by atoms with Gasteiger partial charge in [-0.2, -0.15) is 0 Å². The van der Waals surface area contributed by atoms with Crippen LogP contribution in [0.25, 0.3) is 0 Å². The maximum atomic E-state index is 12.3. The van der Waals surface area contributed by atoms with Gasteiger partial charge in [-0.3, -0.25) is 0 Å². The first kappa shape index (κ1) is 17.4. The van der Waals surface area contributed by atoms with Crippen molar-refractivity contribution in [3.8, 4) is 11.5 Å². The number of hydrogen-bond acceptors (Lipinski definition) is 5. The van der Waals surface area contributed by atoms with Crippen molar-refractivity contribution in [3.05, 3.63) is 42.4 Å². The van der Waals surface area contributed by atoms with Crippen molar-refractivity contribution in [2.24, 2.45) is 0 Å². The molecule has 0 aliphatic rings. The summed E-state index contributed by atoms with van der Waals surface area (Å²) in [6, 6.07) is 8.27. The highest BCUT2D eigenvalue weighted by atomic mass is 32.2. The summed E-state index contributed by atoms with van der Waals surface area (Å²) in [5.74, 6) is 1.78. The maximum absolute atomic E-state index is 12.3. The van der Waals surface area contributed by atoms with Crippen molar-refractivity contribution in [1.29, 1.82) is 0 Å². The zero-order valence-electron chi connectivity index (χ0n) is 13.2. The third kappa shape index (κ3) is 4.74. The molecule has 1 N–H and O–H groups in total. The van der Waals surface area contributed by atoms with Crippen LogP contribution in [0.3, 0.4) is 0 Å². The number of rotatable bonds is 9. The Kier molecular flexibility index (Phi) is 6.06. The van der Waals surface area contributed by atoms with Gasteiger partial charge < -0.3 is 13.9 Å². The number of unbranched alkanes of at least 4 members (excludes halogenated alkanes) is 1. The number of ether oxygens (including phenoxy) is 2. The predicted octanol–water partition coefficient (Wildman–Crippen LogP) is 2.60. The summed E-state index contributed by atoms with van der Waals surface area (Å²) < 4.78 is 42.6. The van der Waals surface area contributed by atoms with Gasteiger partial charge in [0.15, 0.2) is 11.5 Å². The summed E-state index contributed by atoms with van der Waals surface area (Å²) in [7, 11) is -0.589. The molecule has 0 fully saturated rings. The van der Waals surface area contributed by atoms with Crippen LogP contribution in [-0.4, -0.2) is 29.2 Å². The van der Waals surface area contributed by atoms with Crippen LogP contribution < -0.4 is 14.2 Å². The smallest absolute Gasteiger partial charge is 0.240 e. The van der Waals surface area contributed by atoms with E-state index in [0.29, 0.717) is 18.0 Å². The highest BCUT2D eigenvalue weighted by molar-refractivity contribution is 7.89. The number of aryl methyl sites for hydroxylation is 1. The van der Waals surface area contributed by atoms with E-state index in [-0.39, 0.29) is 4.90 Å². The van der Waals surface area contributed by atoms with Gasteiger partial charge in [0.2, 0.25) is 10.0 Å². The lowest BCUT2D eigenvalue weighted by atomic mass is 10.2. The van der Waals surface area contributed by atoms with Gasteiger partial charge in [-0.1, -0.05) is 0 Å². The van der Waals surface area contributed by atoms with Gasteiger partial charge in [-0.25, -0.2) is 13.1 Å². The third-order valence-corrected chi connectivity index (χ3v) is 4.85. The standard InChI is InChI=1S/C16H21NO5S/c1-20-15-9-8-14(12-16(15)21-2)23(18,19)17-10-4-3-6-13-7-5-11-22-13/h5,7-9,11-12,17H,3-4,6,10H2,1-2H3. The molecular weight excluding hydrogens is 318 g/mol. The summed E-state index contributed by atoms with van der Waals surface area (Å²) in [4.78, 5) is 0.154. The minimum atomic E-state index is -3.56. The van der Waals surface area contributed by atoms with E-state index < -0.39 is 10.0 Å². The summed E-state index contributed by atoms with van der Waals surface area (Å²) in [6.07, 6.45) is 4.01. The van der Waals surface area contributed by atoms with Crippen LogP contribution >= 0.6 is 0 Å². The van der Waals surface area contributed by atoms with Gasteiger partial charge in [0.05, 0.1) is 25.4 Å². The Morgan fingerprint density at radius 3 is 2.52 bits per heavy atom. The van der Waals surface area contributed by atoms with Crippen molar-refractivity contribution < 1.29 is 22.3 Å². The fourth-order valence-corrected chi connectivity index (χ4v) is 3.24. The molecule has 1 heterocycles. The molecule has 126 valence electrons. The molecule has 2 aromatic rings. The molecule has 7 heteroatoms. The van der Waals surface area contributed by atoms with Gasteiger partial charge in [-0.15, -0.1) is 0 Å². The number of nitrogens with one attached hydrogen (secondary N) is 1. The summed E-state index contributed by atoms with van der Waals surface area (Å²) >= 11 is 0. The van der Waals surface area contributed by atoms with E-state index in [0.717, 1.165) is 25.0 Å². The SMILES string of the molecule is COc1ccc(S(=O)(=O)NCCCCc2ccco2)cc1OC. The Morgan fingerprint density at radius 2 is 1.87 bits per heavy atom. The minimum absolute atomic E-state index is 0.154. The second-order valence-electron chi connectivity index (χ2n) is 4.95. The van der Waals surface area contributed by atoms with Crippen LogP contribution in [0.15, 0.2) is 45.9 Å². The topological polar surface area (TPSA) is 77.8 Å². The first-order chi connectivity index (χ1) is 11.1. The molecule has 0 bridgehead atoms. The lowest BCUT2D eigenvalue weighted by Crippen LogP contribution is -2.24. The Hall–Kier alpha value is -1.99. The average molecular weight is 339 g/mol. The normalized spacial score (nSPS) is 11.4. The maximum Gasteiger partial charge on any atom is 0.240 e. The van der Waals surface area contributed by atoms with Gasteiger partial charge in [0.1, 0.15) is 5.76 Å². The molecule has 0 saturated heterocycles. The first-order valence-electron chi connectivity index (χ1n) is 7.31. The molecule has 0 aliphatic heterocycles. The fraction of sp³-hybridized carbons (Fsp3) is 0.375. The lowest BCUT2D eigenvalue weighted by Gasteiger charge is -2.11. The fourth-order valence-electron chi connectivity index (χ4n) is 2.15. The van der Waals surface area contributed by atoms with Crippen molar-refractivity contribution in [2.75, 3.05) is 20.8 Å². The second-order valence-corrected chi connectivity index (χ2v) is 6.72. The van der Waals surface area contributed by atoms with Gasteiger partial charge in [0.25, 0.3) is 0 Å². The van der Waals surface area contributed by atoms with E-state index in [4.69, 9.17) is 13.9 Å². The molecule has 0 spiro atoms. The lowest BCUT2D eigenvalue weighted by molar-refractivity contribution is 0.354. The molecule has 0 radical (unpaired) electrons. The minimum Gasteiger partial charge on any atom is -0.493 e. The molecule has 0 aliphatic carbocycles. The van der Waals surface area contributed by atoms with Gasteiger partial charge >= 0.3 is 0 Å². The quantitative estimate of drug-likeness (QED) is 0.711. The van der Waals surface area contributed by atoms with Gasteiger partial charge in [0, 0.05) is 19.0 Å². The van der Waals surface area contributed by atoms with Crippen molar-refractivity contribution in [3.63, 3.8) is 0 Å². The number of hydrogen-bond donors (Lipinski definition) is 1. The summed E-state index contributed by atoms with van der Waals surface area (Å²) in [6.45, 7) is 0.372. The average Bonchev–Trinajstić information content (AvgIpc) is 3.07. The number of sulfonamides is 1. The molecule has 1 aromatic heterocycles.